The van der Waals surface area contributed by atoms with E-state index in [1.54, 1.807) is 0 Å². The van der Waals surface area contributed by atoms with E-state index in [1.165, 1.54) is 4.46 Å². The molecule has 0 bridgehead atoms. The number of aliphatic hydroxyl groups excluding tert-OH is 3. The first-order chi connectivity index (χ1) is 9.17. The second kappa shape index (κ2) is 9.51. The van der Waals surface area contributed by atoms with E-state index in [-0.39, 0.29) is 32.8 Å². The van der Waals surface area contributed by atoms with Crippen molar-refractivity contribution in [3.63, 3.8) is 0 Å². The Morgan fingerprint density at radius 3 is 2.42 bits per heavy atom. The van der Waals surface area contributed by atoms with Gasteiger partial charge < -0.3 is 0 Å². The summed E-state index contributed by atoms with van der Waals surface area (Å²) in [5.74, 6) is 0. The molecule has 1 aromatic rings. The molecule has 3 nitrogen and oxygen atoms in total. The fourth-order valence-corrected chi connectivity index (χ4v) is 4.47. The molecule has 0 amide bonds. The number of rotatable bonds is 9. The van der Waals surface area contributed by atoms with Crippen LogP contribution in [0.3, 0.4) is 0 Å². The first kappa shape index (κ1) is 16.7. The van der Waals surface area contributed by atoms with Gasteiger partial charge >= 0.3 is 121 Å². The molecule has 0 radical (unpaired) electrons. The fraction of sp³-hybridized carbons (Fsp3) is 0.600. The van der Waals surface area contributed by atoms with E-state index in [0.29, 0.717) is 0 Å². The van der Waals surface area contributed by atoms with E-state index in [9.17, 15) is 10.2 Å². The van der Waals surface area contributed by atoms with Crippen molar-refractivity contribution in [3.8, 4) is 0 Å². The molecule has 0 saturated heterocycles. The molecule has 108 valence electrons. The number of aliphatic hydroxyl groups is 3. The minimum atomic E-state index is -0.814. The quantitative estimate of drug-likeness (QED) is 0.594. The molecule has 0 heterocycles. The van der Waals surface area contributed by atoms with Crippen LogP contribution in [0.4, 0.5) is 0 Å². The molecule has 1 rings (SSSR count). The maximum atomic E-state index is 10.2. The zero-order valence-electron chi connectivity index (χ0n) is 11.4. The van der Waals surface area contributed by atoms with Crippen LogP contribution in [0.5, 0.6) is 0 Å². The van der Waals surface area contributed by atoms with Crippen molar-refractivity contribution in [1.82, 2.24) is 0 Å². The van der Waals surface area contributed by atoms with Crippen LogP contribution >= 0.6 is 0 Å². The average Bonchev–Trinajstić information content (AvgIpc) is 2.44. The van der Waals surface area contributed by atoms with Gasteiger partial charge in [-0.3, -0.25) is 0 Å². The van der Waals surface area contributed by atoms with Crippen LogP contribution in [0.2, 0.25) is 4.82 Å². The monoisotopic (exact) mass is 332 g/mol. The van der Waals surface area contributed by atoms with E-state index in [0.717, 1.165) is 19.3 Å². The zero-order chi connectivity index (χ0) is 14.1. The Morgan fingerprint density at radius 1 is 1.16 bits per heavy atom. The van der Waals surface area contributed by atoms with Crippen molar-refractivity contribution in [1.29, 1.82) is 0 Å². The van der Waals surface area contributed by atoms with Crippen molar-refractivity contribution in [2.45, 2.75) is 49.6 Å². The van der Waals surface area contributed by atoms with Gasteiger partial charge in [-0.25, -0.2) is 0 Å². The summed E-state index contributed by atoms with van der Waals surface area (Å²) in [5, 5.41) is 28.6. The van der Waals surface area contributed by atoms with Crippen LogP contribution in [0.25, 0.3) is 0 Å². The number of hydrogen-bond acceptors (Lipinski definition) is 3. The average molecular weight is 331 g/mol. The Kier molecular flexibility index (Phi) is 8.35. The summed E-state index contributed by atoms with van der Waals surface area (Å²) in [7, 11) is 0. The molecule has 3 atom stereocenters. The van der Waals surface area contributed by atoms with Gasteiger partial charge in [-0.2, -0.15) is 0 Å². The predicted octanol–water partition coefficient (Wildman–Crippen LogP) is 1.10. The summed E-state index contributed by atoms with van der Waals surface area (Å²) < 4.78 is 1.27. The van der Waals surface area contributed by atoms with Gasteiger partial charge in [0.2, 0.25) is 0 Å². The first-order valence-electron chi connectivity index (χ1n) is 6.86. The van der Waals surface area contributed by atoms with E-state index < -0.39 is 12.2 Å². The van der Waals surface area contributed by atoms with Gasteiger partial charge in [-0.1, -0.05) is 0 Å². The summed E-state index contributed by atoms with van der Waals surface area (Å²) in [6.07, 6.45) is 2.09. The molecule has 4 heteroatoms. The Balaban J connectivity index is 2.60. The minimum absolute atomic E-state index is 0.199. The predicted molar refractivity (Wildman–Crippen MR) is 78.8 cm³/mol. The SMILES string of the molecule is CCCC[C@H]([Se]c1ccccc1)[C@@H](O)C[C@@H](O)CO. The number of hydrogen-bond donors (Lipinski definition) is 3. The van der Waals surface area contributed by atoms with Crippen molar-refractivity contribution in [2.24, 2.45) is 0 Å². The number of unbranched alkanes of at least 4 members (excludes halogenated alkanes) is 1. The van der Waals surface area contributed by atoms with Crippen LogP contribution in [-0.2, 0) is 0 Å². The van der Waals surface area contributed by atoms with Crippen LogP contribution < -0.4 is 4.46 Å². The van der Waals surface area contributed by atoms with Gasteiger partial charge in [0.25, 0.3) is 0 Å². The van der Waals surface area contributed by atoms with Crippen LogP contribution in [-0.4, -0.2) is 49.1 Å². The van der Waals surface area contributed by atoms with Gasteiger partial charge in [0, 0.05) is 0 Å². The Morgan fingerprint density at radius 2 is 1.84 bits per heavy atom. The molecule has 19 heavy (non-hydrogen) atoms. The van der Waals surface area contributed by atoms with E-state index in [2.05, 4.69) is 19.1 Å². The van der Waals surface area contributed by atoms with Gasteiger partial charge in [-0.05, 0) is 0 Å². The molecular weight excluding hydrogens is 307 g/mol. The molecule has 0 aromatic heterocycles. The van der Waals surface area contributed by atoms with Crippen molar-refractivity contribution in [2.75, 3.05) is 6.61 Å². The topological polar surface area (TPSA) is 60.7 Å². The van der Waals surface area contributed by atoms with Crippen LogP contribution in [0.1, 0.15) is 32.6 Å². The molecule has 0 spiro atoms. The van der Waals surface area contributed by atoms with Crippen LogP contribution in [0, 0.1) is 0 Å². The molecule has 0 saturated carbocycles. The molecule has 0 aliphatic rings. The molecular formula is C15H24O3Se. The van der Waals surface area contributed by atoms with Crippen molar-refractivity contribution in [3.05, 3.63) is 30.3 Å². The first-order valence-corrected chi connectivity index (χ1v) is 8.70. The summed E-state index contributed by atoms with van der Waals surface area (Å²) >= 11 is 0.199. The molecule has 0 unspecified atom stereocenters. The third kappa shape index (κ3) is 6.55. The fourth-order valence-electron chi connectivity index (χ4n) is 1.91. The summed E-state index contributed by atoms with van der Waals surface area (Å²) in [5.41, 5.74) is 0. The van der Waals surface area contributed by atoms with Crippen LogP contribution in [0.15, 0.2) is 30.3 Å². The molecule has 1 aromatic carbocycles. The maximum absolute atomic E-state index is 10.2. The Labute approximate surface area is 121 Å². The normalized spacial score (nSPS) is 16.0. The summed E-state index contributed by atoms with van der Waals surface area (Å²) in [6.45, 7) is 1.86. The van der Waals surface area contributed by atoms with Gasteiger partial charge in [-0.15, -0.1) is 0 Å². The zero-order valence-corrected chi connectivity index (χ0v) is 13.1. The summed E-state index contributed by atoms with van der Waals surface area (Å²) in [6, 6.07) is 10.2. The van der Waals surface area contributed by atoms with Gasteiger partial charge in [0.15, 0.2) is 0 Å². The van der Waals surface area contributed by atoms with E-state index in [4.69, 9.17) is 5.11 Å². The molecule has 0 aliphatic heterocycles. The third-order valence-corrected chi connectivity index (χ3v) is 5.96. The third-order valence-electron chi connectivity index (χ3n) is 3.03. The van der Waals surface area contributed by atoms with E-state index in [1.807, 2.05) is 18.2 Å². The molecule has 0 aliphatic carbocycles. The molecule has 0 fully saturated rings. The number of benzene rings is 1. The molecule has 3 N–H and O–H groups in total. The van der Waals surface area contributed by atoms with E-state index >= 15 is 0 Å². The second-order valence-corrected chi connectivity index (χ2v) is 7.50. The van der Waals surface area contributed by atoms with Crippen molar-refractivity contribution >= 4 is 19.4 Å². The second-order valence-electron chi connectivity index (χ2n) is 4.75. The summed E-state index contributed by atoms with van der Waals surface area (Å²) in [4.78, 5) is 0.205. The Bertz CT molecular complexity index is 331. The van der Waals surface area contributed by atoms with Crippen molar-refractivity contribution < 1.29 is 15.3 Å². The Hall–Kier alpha value is -0.381. The van der Waals surface area contributed by atoms with Gasteiger partial charge in [0.1, 0.15) is 0 Å². The standard InChI is InChI=1S/C15H24O3Se/c1-2-3-9-15(14(18)10-12(17)11-16)19-13-7-5-4-6-8-13/h4-8,12,14-18H,2-3,9-11H2,1H3/t12-,14+,15+/m1/s1. The van der Waals surface area contributed by atoms with Gasteiger partial charge in [0.05, 0.1) is 0 Å².